The Balaban J connectivity index is 2.02. The Morgan fingerprint density at radius 3 is 2.85 bits per heavy atom. The van der Waals surface area contributed by atoms with E-state index < -0.39 is 6.09 Å². The number of methoxy groups -OCH3 is 1. The van der Waals surface area contributed by atoms with Crippen LogP contribution < -0.4 is 5.32 Å². The Labute approximate surface area is 126 Å². The molecule has 1 aromatic carbocycles. The first-order valence-electron chi connectivity index (χ1n) is 6.41. The van der Waals surface area contributed by atoms with Gasteiger partial charge >= 0.3 is 6.09 Å². The summed E-state index contributed by atoms with van der Waals surface area (Å²) in [5, 5.41) is 2.72. The SMILES string of the molecule is COC(=O)NC1CCN(C(=O)c2ccc(C)cc2Br)C1. The molecule has 1 fully saturated rings. The molecule has 1 saturated heterocycles. The van der Waals surface area contributed by atoms with Crippen molar-refractivity contribution >= 4 is 27.9 Å². The Kier molecular flexibility index (Phi) is 4.65. The Morgan fingerprint density at radius 2 is 2.20 bits per heavy atom. The molecule has 0 aromatic heterocycles. The molecule has 1 heterocycles. The van der Waals surface area contributed by atoms with Crippen LogP contribution in [0.3, 0.4) is 0 Å². The van der Waals surface area contributed by atoms with E-state index >= 15 is 0 Å². The average Bonchev–Trinajstić information content (AvgIpc) is 2.86. The molecule has 2 rings (SSSR count). The number of halogens is 1. The minimum Gasteiger partial charge on any atom is -0.453 e. The minimum absolute atomic E-state index is 0.0222. The van der Waals surface area contributed by atoms with Gasteiger partial charge in [0.25, 0.3) is 5.91 Å². The van der Waals surface area contributed by atoms with Gasteiger partial charge in [0.1, 0.15) is 0 Å². The smallest absolute Gasteiger partial charge is 0.407 e. The molecule has 0 radical (unpaired) electrons. The molecule has 1 atom stereocenters. The van der Waals surface area contributed by atoms with Crippen molar-refractivity contribution < 1.29 is 14.3 Å². The Bertz CT molecular complexity index is 533. The lowest BCUT2D eigenvalue weighted by Gasteiger charge is -2.18. The van der Waals surface area contributed by atoms with Crippen LogP contribution in [0.25, 0.3) is 0 Å². The molecule has 20 heavy (non-hydrogen) atoms. The second-order valence-electron chi connectivity index (χ2n) is 4.86. The fourth-order valence-corrected chi connectivity index (χ4v) is 2.91. The summed E-state index contributed by atoms with van der Waals surface area (Å²) in [6, 6.07) is 5.62. The van der Waals surface area contributed by atoms with Crippen LogP contribution >= 0.6 is 15.9 Å². The van der Waals surface area contributed by atoms with Crippen LogP contribution in [0.4, 0.5) is 4.79 Å². The number of rotatable bonds is 2. The van der Waals surface area contributed by atoms with Gasteiger partial charge in [0.2, 0.25) is 0 Å². The van der Waals surface area contributed by atoms with Crippen LogP contribution in [0.1, 0.15) is 22.3 Å². The summed E-state index contributed by atoms with van der Waals surface area (Å²) in [5.74, 6) is -0.0222. The molecule has 5 nitrogen and oxygen atoms in total. The van der Waals surface area contributed by atoms with Crippen molar-refractivity contribution in [2.75, 3.05) is 20.2 Å². The first-order chi connectivity index (χ1) is 9.51. The molecule has 0 saturated carbocycles. The summed E-state index contributed by atoms with van der Waals surface area (Å²) in [6.07, 6.45) is 0.283. The molecule has 0 aliphatic carbocycles. The third-order valence-electron chi connectivity index (χ3n) is 3.34. The zero-order valence-electron chi connectivity index (χ0n) is 11.5. The number of aryl methyl sites for hydroxylation is 1. The van der Waals surface area contributed by atoms with Crippen molar-refractivity contribution in [2.45, 2.75) is 19.4 Å². The number of ether oxygens (including phenoxy) is 1. The highest BCUT2D eigenvalue weighted by atomic mass is 79.9. The largest absolute Gasteiger partial charge is 0.453 e. The maximum absolute atomic E-state index is 12.4. The predicted molar refractivity (Wildman–Crippen MR) is 78.7 cm³/mol. The molecule has 108 valence electrons. The van der Waals surface area contributed by atoms with Crippen molar-refractivity contribution in [3.63, 3.8) is 0 Å². The standard InChI is InChI=1S/C14H17BrN2O3/c1-9-3-4-11(12(15)7-9)13(18)17-6-5-10(8-17)16-14(19)20-2/h3-4,7,10H,5-6,8H2,1-2H3,(H,16,19). The van der Waals surface area contributed by atoms with Gasteiger partial charge < -0.3 is 15.0 Å². The molecule has 1 N–H and O–H groups in total. The van der Waals surface area contributed by atoms with Crippen LogP contribution in [-0.2, 0) is 4.74 Å². The van der Waals surface area contributed by atoms with E-state index in [0.717, 1.165) is 16.5 Å². The third-order valence-corrected chi connectivity index (χ3v) is 3.99. The summed E-state index contributed by atoms with van der Waals surface area (Å²) >= 11 is 3.42. The maximum Gasteiger partial charge on any atom is 0.407 e. The fourth-order valence-electron chi connectivity index (χ4n) is 2.25. The monoisotopic (exact) mass is 340 g/mol. The normalized spacial score (nSPS) is 17.9. The lowest BCUT2D eigenvalue weighted by molar-refractivity contribution is 0.0787. The number of carbonyl (C=O) groups is 2. The molecule has 1 aromatic rings. The van der Waals surface area contributed by atoms with Gasteiger partial charge in [-0.2, -0.15) is 0 Å². The highest BCUT2D eigenvalue weighted by Crippen LogP contribution is 2.22. The summed E-state index contributed by atoms with van der Waals surface area (Å²) in [4.78, 5) is 25.3. The molecule has 1 aliphatic rings. The van der Waals surface area contributed by atoms with Gasteiger partial charge in [-0.15, -0.1) is 0 Å². The van der Waals surface area contributed by atoms with Gasteiger partial charge in [-0.3, -0.25) is 4.79 Å². The maximum atomic E-state index is 12.4. The molecule has 1 aliphatic heterocycles. The van der Waals surface area contributed by atoms with Crippen LogP contribution in [0, 0.1) is 6.92 Å². The molecule has 2 amide bonds. The minimum atomic E-state index is -0.458. The number of likely N-dealkylation sites (tertiary alicyclic amines) is 1. The number of alkyl carbamates (subject to hydrolysis) is 1. The van der Waals surface area contributed by atoms with E-state index in [-0.39, 0.29) is 11.9 Å². The summed E-state index contributed by atoms with van der Waals surface area (Å²) in [6.45, 7) is 3.12. The van der Waals surface area contributed by atoms with Gasteiger partial charge in [-0.1, -0.05) is 6.07 Å². The number of benzene rings is 1. The van der Waals surface area contributed by atoms with Crippen LogP contribution in [0.5, 0.6) is 0 Å². The zero-order valence-corrected chi connectivity index (χ0v) is 13.1. The lowest BCUT2D eigenvalue weighted by atomic mass is 10.1. The first-order valence-corrected chi connectivity index (χ1v) is 7.20. The second kappa shape index (κ2) is 6.26. The second-order valence-corrected chi connectivity index (χ2v) is 5.71. The predicted octanol–water partition coefficient (Wildman–Crippen LogP) is 2.33. The van der Waals surface area contributed by atoms with E-state index in [1.807, 2.05) is 25.1 Å². The topological polar surface area (TPSA) is 58.6 Å². The molecule has 6 heteroatoms. The fraction of sp³-hybridized carbons (Fsp3) is 0.429. The third kappa shape index (κ3) is 3.30. The van der Waals surface area contributed by atoms with Crippen LogP contribution in [-0.4, -0.2) is 43.1 Å². The number of nitrogens with zero attached hydrogens (tertiary/aromatic N) is 1. The zero-order chi connectivity index (χ0) is 14.7. The Hall–Kier alpha value is -1.56. The number of hydrogen-bond acceptors (Lipinski definition) is 3. The molecular weight excluding hydrogens is 324 g/mol. The van der Waals surface area contributed by atoms with Crippen molar-refractivity contribution in [3.8, 4) is 0 Å². The number of amides is 2. The average molecular weight is 341 g/mol. The van der Waals surface area contributed by atoms with Crippen LogP contribution in [0.2, 0.25) is 0 Å². The highest BCUT2D eigenvalue weighted by Gasteiger charge is 2.28. The van der Waals surface area contributed by atoms with Gasteiger partial charge in [0.15, 0.2) is 0 Å². The number of nitrogens with one attached hydrogen (secondary N) is 1. The van der Waals surface area contributed by atoms with Crippen molar-refractivity contribution in [2.24, 2.45) is 0 Å². The Morgan fingerprint density at radius 1 is 1.45 bits per heavy atom. The van der Waals surface area contributed by atoms with Crippen molar-refractivity contribution in [1.82, 2.24) is 10.2 Å². The van der Waals surface area contributed by atoms with Gasteiger partial charge in [0, 0.05) is 17.6 Å². The highest BCUT2D eigenvalue weighted by molar-refractivity contribution is 9.10. The molecular formula is C14H17BrN2O3. The number of carbonyl (C=O) groups excluding carboxylic acids is 2. The van der Waals surface area contributed by atoms with E-state index in [4.69, 9.17) is 0 Å². The lowest BCUT2D eigenvalue weighted by Crippen LogP contribution is -2.38. The molecule has 0 spiro atoms. The van der Waals surface area contributed by atoms with Gasteiger partial charge in [0.05, 0.1) is 18.7 Å². The van der Waals surface area contributed by atoms with E-state index in [0.29, 0.717) is 18.7 Å². The van der Waals surface area contributed by atoms with Gasteiger partial charge in [-0.05, 0) is 47.0 Å². The van der Waals surface area contributed by atoms with E-state index in [1.54, 1.807) is 4.90 Å². The summed E-state index contributed by atoms with van der Waals surface area (Å²) < 4.78 is 5.36. The van der Waals surface area contributed by atoms with E-state index in [2.05, 4.69) is 26.0 Å². The van der Waals surface area contributed by atoms with Crippen LogP contribution in [0.15, 0.2) is 22.7 Å². The van der Waals surface area contributed by atoms with Crippen molar-refractivity contribution in [1.29, 1.82) is 0 Å². The first kappa shape index (κ1) is 14.8. The number of hydrogen-bond donors (Lipinski definition) is 1. The molecule has 1 unspecified atom stereocenters. The molecule has 0 bridgehead atoms. The van der Waals surface area contributed by atoms with Gasteiger partial charge in [-0.25, -0.2) is 4.79 Å². The summed E-state index contributed by atoms with van der Waals surface area (Å²) in [7, 11) is 1.33. The van der Waals surface area contributed by atoms with Crippen molar-refractivity contribution in [3.05, 3.63) is 33.8 Å². The van der Waals surface area contributed by atoms with E-state index in [9.17, 15) is 9.59 Å². The van der Waals surface area contributed by atoms with E-state index in [1.165, 1.54) is 7.11 Å². The quantitative estimate of drug-likeness (QED) is 0.898. The summed E-state index contributed by atoms with van der Waals surface area (Å²) in [5.41, 5.74) is 1.74.